The highest BCUT2D eigenvalue weighted by Gasteiger charge is 2.15. The van der Waals surface area contributed by atoms with E-state index in [4.69, 9.17) is 4.74 Å². The van der Waals surface area contributed by atoms with Crippen molar-refractivity contribution in [3.63, 3.8) is 0 Å². The Kier molecular flexibility index (Phi) is 5.58. The minimum absolute atomic E-state index is 0.0491. The number of aryl methyl sites for hydroxylation is 1. The predicted octanol–water partition coefficient (Wildman–Crippen LogP) is 3.38. The van der Waals surface area contributed by atoms with Crippen molar-refractivity contribution < 1.29 is 14.3 Å². The first-order valence-electron chi connectivity index (χ1n) is 7.75. The van der Waals surface area contributed by atoms with E-state index in [0.29, 0.717) is 11.4 Å². The summed E-state index contributed by atoms with van der Waals surface area (Å²) < 4.78 is 5.66. The van der Waals surface area contributed by atoms with E-state index < -0.39 is 6.10 Å². The molecule has 5 nitrogen and oxygen atoms in total. The van der Waals surface area contributed by atoms with Crippen LogP contribution in [0.3, 0.4) is 0 Å². The molecular weight excluding hydrogens is 304 g/mol. The second-order valence-corrected chi connectivity index (χ2v) is 5.69. The zero-order valence-electron chi connectivity index (χ0n) is 14.4. The monoisotopic (exact) mass is 326 g/mol. The summed E-state index contributed by atoms with van der Waals surface area (Å²) in [5.74, 6) is 0.382. The Morgan fingerprint density at radius 2 is 1.79 bits per heavy atom. The molecule has 0 aliphatic carbocycles. The number of hydrogen-bond donors (Lipinski definition) is 1. The molecule has 1 atom stereocenters. The van der Waals surface area contributed by atoms with Crippen LogP contribution in [0, 0.1) is 6.92 Å². The number of benzene rings is 2. The summed E-state index contributed by atoms with van der Waals surface area (Å²) in [5, 5.41) is 2.80. The molecule has 0 saturated heterocycles. The first kappa shape index (κ1) is 17.5. The van der Waals surface area contributed by atoms with Gasteiger partial charge in [0.15, 0.2) is 6.10 Å². The highest BCUT2D eigenvalue weighted by Crippen LogP contribution is 2.18. The predicted molar refractivity (Wildman–Crippen MR) is 95.4 cm³/mol. The summed E-state index contributed by atoms with van der Waals surface area (Å²) >= 11 is 0. The van der Waals surface area contributed by atoms with E-state index in [1.165, 1.54) is 11.8 Å². The molecule has 0 radical (unpaired) electrons. The zero-order valence-corrected chi connectivity index (χ0v) is 14.4. The van der Waals surface area contributed by atoms with E-state index in [2.05, 4.69) is 5.32 Å². The molecule has 2 amide bonds. The van der Waals surface area contributed by atoms with Crippen molar-refractivity contribution in [3.05, 3.63) is 54.1 Å². The van der Waals surface area contributed by atoms with Gasteiger partial charge in [-0.1, -0.05) is 12.1 Å². The molecule has 1 N–H and O–H groups in total. The average molecular weight is 326 g/mol. The van der Waals surface area contributed by atoms with Gasteiger partial charge in [0.2, 0.25) is 5.91 Å². The highest BCUT2D eigenvalue weighted by atomic mass is 16.5. The van der Waals surface area contributed by atoms with Gasteiger partial charge in [-0.15, -0.1) is 0 Å². The molecular formula is C19H22N2O3. The molecule has 2 aromatic rings. The fourth-order valence-electron chi connectivity index (χ4n) is 2.14. The molecule has 0 aliphatic rings. The number of nitrogens with one attached hydrogen (secondary N) is 1. The first-order valence-corrected chi connectivity index (χ1v) is 7.75. The number of anilines is 2. The van der Waals surface area contributed by atoms with Gasteiger partial charge < -0.3 is 15.0 Å². The zero-order chi connectivity index (χ0) is 17.7. The Morgan fingerprint density at radius 1 is 1.12 bits per heavy atom. The molecule has 24 heavy (non-hydrogen) atoms. The Bertz CT molecular complexity index is 726. The van der Waals surface area contributed by atoms with Crippen LogP contribution in [0.2, 0.25) is 0 Å². The summed E-state index contributed by atoms with van der Waals surface area (Å²) in [6.07, 6.45) is -0.619. The van der Waals surface area contributed by atoms with Crippen LogP contribution in [0.4, 0.5) is 11.4 Å². The van der Waals surface area contributed by atoms with Crippen molar-refractivity contribution >= 4 is 23.2 Å². The molecule has 2 aromatic carbocycles. The fraction of sp³-hybridized carbons (Fsp3) is 0.263. The Labute approximate surface area is 142 Å². The number of rotatable bonds is 5. The third-order valence-corrected chi connectivity index (χ3v) is 3.67. The summed E-state index contributed by atoms with van der Waals surface area (Å²) in [7, 11) is 1.70. The molecule has 126 valence electrons. The lowest BCUT2D eigenvalue weighted by atomic mass is 10.2. The van der Waals surface area contributed by atoms with Gasteiger partial charge in [-0.3, -0.25) is 9.59 Å². The van der Waals surface area contributed by atoms with Crippen LogP contribution >= 0.6 is 0 Å². The topological polar surface area (TPSA) is 58.6 Å². The smallest absolute Gasteiger partial charge is 0.265 e. The maximum atomic E-state index is 12.2. The molecule has 0 bridgehead atoms. The van der Waals surface area contributed by atoms with E-state index in [1.807, 2.05) is 31.2 Å². The number of nitrogens with zero attached hydrogens (tertiary/aromatic N) is 1. The van der Waals surface area contributed by atoms with E-state index in [1.54, 1.807) is 38.2 Å². The van der Waals surface area contributed by atoms with Crippen LogP contribution in [0.5, 0.6) is 5.75 Å². The first-order chi connectivity index (χ1) is 11.4. The summed E-state index contributed by atoms with van der Waals surface area (Å²) in [4.78, 5) is 25.1. The lowest BCUT2D eigenvalue weighted by Gasteiger charge is -2.17. The van der Waals surface area contributed by atoms with Gasteiger partial charge in [-0.25, -0.2) is 0 Å². The van der Waals surface area contributed by atoms with Crippen molar-refractivity contribution in [2.45, 2.75) is 26.9 Å². The number of ether oxygens (including phenoxy) is 1. The lowest BCUT2D eigenvalue weighted by Crippen LogP contribution is -2.30. The summed E-state index contributed by atoms with van der Waals surface area (Å²) in [6.45, 7) is 5.17. The van der Waals surface area contributed by atoms with E-state index >= 15 is 0 Å². The normalized spacial score (nSPS) is 11.5. The van der Waals surface area contributed by atoms with Gasteiger partial charge in [0, 0.05) is 25.3 Å². The van der Waals surface area contributed by atoms with Gasteiger partial charge >= 0.3 is 0 Å². The summed E-state index contributed by atoms with van der Waals surface area (Å²) in [5.41, 5.74) is 2.50. The highest BCUT2D eigenvalue weighted by molar-refractivity contribution is 5.95. The number of carbonyl (C=O) groups excluding carboxylic acids is 2. The number of carbonyl (C=O) groups is 2. The standard InChI is InChI=1S/C19H22N2O3/c1-13-6-5-7-18(12-13)24-14(2)19(23)20-16-8-10-17(11-9-16)21(4)15(3)22/h5-12,14H,1-4H3,(H,20,23). The van der Waals surface area contributed by atoms with Gasteiger partial charge in [0.25, 0.3) is 5.91 Å². The van der Waals surface area contributed by atoms with Gasteiger partial charge in [-0.05, 0) is 55.8 Å². The quantitative estimate of drug-likeness (QED) is 0.916. The maximum Gasteiger partial charge on any atom is 0.265 e. The van der Waals surface area contributed by atoms with E-state index in [0.717, 1.165) is 11.3 Å². The molecule has 0 heterocycles. The van der Waals surface area contributed by atoms with E-state index in [-0.39, 0.29) is 11.8 Å². The molecule has 0 aliphatic heterocycles. The fourth-order valence-corrected chi connectivity index (χ4v) is 2.14. The third kappa shape index (κ3) is 4.59. The molecule has 5 heteroatoms. The van der Waals surface area contributed by atoms with E-state index in [9.17, 15) is 9.59 Å². The molecule has 0 fully saturated rings. The second-order valence-electron chi connectivity index (χ2n) is 5.69. The maximum absolute atomic E-state index is 12.2. The third-order valence-electron chi connectivity index (χ3n) is 3.67. The van der Waals surface area contributed by atoms with Gasteiger partial charge in [-0.2, -0.15) is 0 Å². The van der Waals surface area contributed by atoms with Gasteiger partial charge in [0.1, 0.15) is 5.75 Å². The number of amides is 2. The Morgan fingerprint density at radius 3 is 2.38 bits per heavy atom. The number of hydrogen-bond acceptors (Lipinski definition) is 3. The van der Waals surface area contributed by atoms with Crippen molar-refractivity contribution in [1.29, 1.82) is 0 Å². The second kappa shape index (κ2) is 7.64. The molecule has 1 unspecified atom stereocenters. The van der Waals surface area contributed by atoms with Crippen molar-refractivity contribution in [2.75, 3.05) is 17.3 Å². The van der Waals surface area contributed by atoms with Crippen LogP contribution in [0.1, 0.15) is 19.4 Å². The Hall–Kier alpha value is -2.82. The van der Waals surface area contributed by atoms with Crippen LogP contribution in [0.15, 0.2) is 48.5 Å². The lowest BCUT2D eigenvalue weighted by molar-refractivity contribution is -0.122. The van der Waals surface area contributed by atoms with Crippen molar-refractivity contribution in [3.8, 4) is 5.75 Å². The van der Waals surface area contributed by atoms with Crippen molar-refractivity contribution in [2.24, 2.45) is 0 Å². The van der Waals surface area contributed by atoms with Crippen LogP contribution < -0.4 is 15.0 Å². The minimum atomic E-state index is -0.619. The Balaban J connectivity index is 1.97. The average Bonchev–Trinajstić information content (AvgIpc) is 2.54. The van der Waals surface area contributed by atoms with Crippen LogP contribution in [-0.4, -0.2) is 25.0 Å². The van der Waals surface area contributed by atoms with Crippen molar-refractivity contribution in [1.82, 2.24) is 0 Å². The summed E-state index contributed by atoms with van der Waals surface area (Å²) in [6, 6.07) is 14.6. The largest absolute Gasteiger partial charge is 0.481 e. The SMILES string of the molecule is CC(=O)N(C)c1ccc(NC(=O)C(C)Oc2cccc(C)c2)cc1. The molecule has 0 aromatic heterocycles. The molecule has 2 rings (SSSR count). The van der Waals surface area contributed by atoms with Crippen LogP contribution in [0.25, 0.3) is 0 Å². The molecule has 0 saturated carbocycles. The van der Waals surface area contributed by atoms with Crippen LogP contribution in [-0.2, 0) is 9.59 Å². The van der Waals surface area contributed by atoms with Gasteiger partial charge in [0.05, 0.1) is 0 Å². The minimum Gasteiger partial charge on any atom is -0.481 e. The molecule has 0 spiro atoms.